The predicted molar refractivity (Wildman–Crippen MR) is 213 cm³/mol. The fourth-order valence-electron chi connectivity index (χ4n) is 2.60. The summed E-state index contributed by atoms with van der Waals surface area (Å²) in [7, 11) is 0. The Labute approximate surface area is 344 Å². The van der Waals surface area contributed by atoms with Crippen molar-refractivity contribution in [3.05, 3.63) is 27.7 Å². The first-order valence-electron chi connectivity index (χ1n) is 17.9. The minimum Gasteiger partial charge on any atom is -0.331 e. The topological polar surface area (TPSA) is 137 Å². The quantitative estimate of drug-likeness (QED) is 0.140. The van der Waals surface area contributed by atoms with Crippen LogP contribution in [0.5, 0.6) is 0 Å². The van der Waals surface area contributed by atoms with E-state index in [0.29, 0.717) is 0 Å². The zero-order valence-electron chi connectivity index (χ0n) is 37.4. The van der Waals surface area contributed by atoms with Crippen LogP contribution in [0, 0.1) is 71.0 Å². The molecule has 0 unspecified atom stereocenters. The van der Waals surface area contributed by atoms with Crippen molar-refractivity contribution in [2.24, 2.45) is 43.3 Å². The number of hydrogen-bond donors (Lipinski definition) is 0. The van der Waals surface area contributed by atoms with Crippen LogP contribution in [0.4, 0.5) is 0 Å². The van der Waals surface area contributed by atoms with Crippen LogP contribution in [-0.4, -0.2) is 46.3 Å². The van der Waals surface area contributed by atoms with Crippen molar-refractivity contribution in [2.45, 2.75) is 164 Å². The molecule has 0 aliphatic rings. The Morgan fingerprint density at radius 3 is 0.415 bits per heavy atom. The Morgan fingerprint density at radius 2 is 0.358 bits per heavy atom. The van der Waals surface area contributed by atoms with Gasteiger partial charge in [0.1, 0.15) is 46.3 Å². The van der Waals surface area contributed by atoms with Gasteiger partial charge in [-0.3, -0.25) is 19.2 Å². The van der Waals surface area contributed by atoms with E-state index in [-0.39, 0.29) is 98.2 Å². The van der Waals surface area contributed by atoms with Crippen molar-refractivity contribution < 1.29 is 64.6 Å². The molecule has 0 fully saturated rings. The van der Waals surface area contributed by atoms with Crippen LogP contribution in [0.3, 0.4) is 0 Å². The van der Waals surface area contributed by atoms with Crippen LogP contribution in [0.15, 0.2) is 0 Å². The van der Waals surface area contributed by atoms with E-state index in [0.717, 1.165) is 0 Å². The van der Waals surface area contributed by atoms with E-state index in [4.69, 9.17) is 0 Å². The van der Waals surface area contributed by atoms with Gasteiger partial charge in [-0.2, -0.15) is 0 Å². The molecule has 0 saturated carbocycles. The summed E-state index contributed by atoms with van der Waals surface area (Å²) in [5.74, 6) is -0.438. The van der Waals surface area contributed by atoms with Crippen LogP contribution >= 0.6 is 0 Å². The van der Waals surface area contributed by atoms with Crippen molar-refractivity contribution in [2.75, 3.05) is 0 Å². The summed E-state index contributed by atoms with van der Waals surface area (Å²) in [5.41, 5.74) is -4.33. The van der Waals surface area contributed by atoms with Crippen LogP contribution in [0.25, 0.3) is 0 Å². The number of carbonyl (C=O) groups excluding carboxylic acids is 8. The molecule has 0 heterocycles. The normalized spacial score (nSPS) is 12.5. The van der Waals surface area contributed by atoms with Crippen molar-refractivity contribution >= 4 is 46.3 Å². The molecule has 0 aromatic rings. The molecule has 0 rings (SSSR count). The molecule has 304 valence electrons. The molecule has 8 nitrogen and oxygen atoms in total. The van der Waals surface area contributed by atoms with E-state index < -0.39 is 43.3 Å². The third-order valence-corrected chi connectivity index (χ3v) is 7.65. The molecule has 0 atom stereocenters. The van der Waals surface area contributed by atoms with E-state index in [9.17, 15) is 38.4 Å². The fraction of sp³-hybridized carbons (Fsp3) is 0.727. The van der Waals surface area contributed by atoms with Crippen LogP contribution in [-0.2, 0) is 64.6 Å². The third kappa shape index (κ3) is 30.2. The molecule has 0 aliphatic heterocycles. The molecule has 0 aliphatic carbocycles. The Kier molecular flexibility index (Phi) is 25.2. The maximum absolute atomic E-state index is 11.5. The molecule has 53 heavy (non-hydrogen) atoms. The number of ketones is 8. The molecule has 0 amide bonds. The number of hydrogen-bond acceptors (Lipinski definition) is 8. The van der Waals surface area contributed by atoms with Crippen LogP contribution in [0.2, 0.25) is 0 Å². The van der Waals surface area contributed by atoms with Crippen molar-refractivity contribution in [1.82, 2.24) is 0 Å². The van der Waals surface area contributed by atoms with Gasteiger partial charge in [-0.1, -0.05) is 138 Å². The second-order valence-corrected chi connectivity index (χ2v) is 20.6. The summed E-state index contributed by atoms with van der Waals surface area (Å²) in [6.07, 6.45) is -0.000000000000000888. The van der Waals surface area contributed by atoms with Crippen molar-refractivity contribution in [1.29, 1.82) is 0 Å². The summed E-state index contributed by atoms with van der Waals surface area (Å²) in [4.78, 5) is 91.6. The maximum atomic E-state index is 11.5. The molecular weight excluding hydrogens is 748 g/mol. The number of Topliss-reactive ketones (excluding diaryl/α,β-unsaturated/α-hetero) is 8. The first kappa shape index (κ1) is 60.5. The van der Waals surface area contributed by atoms with Gasteiger partial charge in [-0.15, -0.1) is 21.7 Å². The molecule has 0 spiro atoms. The Morgan fingerprint density at radius 1 is 0.264 bits per heavy atom. The van der Waals surface area contributed by atoms with Gasteiger partial charge in [0, 0.05) is 21.7 Å². The Balaban J connectivity index is -0.000000192. The summed E-state index contributed by atoms with van der Waals surface area (Å²) in [6.45, 7) is 50.5. The molecule has 0 saturated heterocycles. The van der Waals surface area contributed by atoms with E-state index >= 15 is 0 Å². The molecule has 0 bridgehead atoms. The number of carbonyl (C=O) groups is 8. The summed E-state index contributed by atoms with van der Waals surface area (Å²) in [6, 6.07) is 0. The van der Waals surface area contributed by atoms with Crippen molar-refractivity contribution in [3.8, 4) is 0 Å². The molecule has 0 radical (unpaired) electrons. The van der Waals surface area contributed by atoms with E-state index in [2.05, 4.69) is 27.7 Å². The summed E-state index contributed by atoms with van der Waals surface area (Å²) < 4.78 is 0. The van der Waals surface area contributed by atoms with Gasteiger partial charge in [0.25, 0.3) is 0 Å². The van der Waals surface area contributed by atoms with Crippen LogP contribution < -0.4 is 0 Å². The molecule has 0 aromatic heterocycles. The van der Waals surface area contributed by atoms with Gasteiger partial charge in [0.05, 0.1) is 25.7 Å². The number of rotatable bonds is 12. The largest absolute Gasteiger partial charge is 4.00 e. The second kappa shape index (κ2) is 22.1. The minimum atomic E-state index is -0.652. The minimum absolute atomic E-state index is 0. The first-order valence-corrected chi connectivity index (χ1v) is 17.9. The monoisotopic (exact) mass is 822 g/mol. The van der Waals surface area contributed by atoms with Gasteiger partial charge in [-0.05, 0) is 0 Å². The van der Waals surface area contributed by atoms with Gasteiger partial charge in [-0.25, -0.2) is 0 Å². The van der Waals surface area contributed by atoms with Gasteiger partial charge >= 0.3 is 26.2 Å². The SMILES string of the molecule is [CH2-]C(C)(C)C(=O)CC(=O)C(C)(C)C.[CH2-]C(C)(C)C(=O)CC(=O)C(C)(C)C.[CH2-]C(C)(C)C(=O)CC(=O)C(C)(C)C.[CH2-]C(C)(C)C(=O)CC(=O)C(C)(C)C.[Zr+4]. The van der Waals surface area contributed by atoms with Gasteiger partial charge < -0.3 is 46.9 Å². The van der Waals surface area contributed by atoms with Crippen molar-refractivity contribution in [3.63, 3.8) is 0 Å². The van der Waals surface area contributed by atoms with Crippen LogP contribution in [0.1, 0.15) is 164 Å². The zero-order chi connectivity index (χ0) is 43.4. The van der Waals surface area contributed by atoms with E-state index in [1.165, 1.54) is 0 Å². The zero-order valence-corrected chi connectivity index (χ0v) is 39.9. The standard InChI is InChI=1S/4C11H19O2.Zr/c4*1-10(2,3)8(12)7-9(13)11(4,5)6;/h4*1,7H2,2-6H3;/q4*-1;+4. The second-order valence-electron chi connectivity index (χ2n) is 20.6. The molecule has 0 aromatic carbocycles. The first-order chi connectivity index (χ1) is 22.2. The summed E-state index contributed by atoms with van der Waals surface area (Å²) >= 11 is 0. The van der Waals surface area contributed by atoms with E-state index in [1.54, 1.807) is 55.4 Å². The molecular formula is C44H76O8Zr. The smallest absolute Gasteiger partial charge is 0.331 e. The Bertz CT molecular complexity index is 964. The fourth-order valence-corrected chi connectivity index (χ4v) is 2.60. The molecule has 0 N–H and O–H groups in total. The average molecular weight is 824 g/mol. The van der Waals surface area contributed by atoms with Gasteiger partial charge in [0.15, 0.2) is 0 Å². The Hall–Kier alpha value is -1.76. The van der Waals surface area contributed by atoms with E-state index in [1.807, 2.05) is 83.1 Å². The van der Waals surface area contributed by atoms with Gasteiger partial charge in [0.2, 0.25) is 0 Å². The summed E-state index contributed by atoms with van der Waals surface area (Å²) in [5, 5.41) is 0. The third-order valence-electron chi connectivity index (χ3n) is 7.65. The molecule has 9 heteroatoms. The average Bonchev–Trinajstić information content (AvgIpc) is 2.85. The predicted octanol–water partition coefficient (Wildman–Crippen LogP) is 9.68. The maximum Gasteiger partial charge on any atom is 4.00 e.